The Hall–Kier alpha value is -1.20. The van der Waals surface area contributed by atoms with E-state index < -0.39 is 0 Å². The van der Waals surface area contributed by atoms with Crippen LogP contribution in [0.1, 0.15) is 5.69 Å². The quantitative estimate of drug-likeness (QED) is 0.885. The van der Waals surface area contributed by atoms with Gasteiger partial charge >= 0.3 is 0 Å². The van der Waals surface area contributed by atoms with Crippen molar-refractivity contribution in [2.24, 2.45) is 0 Å². The molecule has 0 atom stereocenters. The number of anilines is 1. The molecule has 0 radical (unpaired) electrons. The Kier molecular flexibility index (Phi) is 3.69. The lowest BCUT2D eigenvalue weighted by Crippen LogP contribution is -2.04. The summed E-state index contributed by atoms with van der Waals surface area (Å²) in [6.45, 7) is 0.590. The van der Waals surface area contributed by atoms with Gasteiger partial charge < -0.3 is 5.32 Å². The standard InChI is InChI=1S/C10H8BrClN4/c11-8-6-15-10(12)16-9(8)14-5-7-3-1-2-4-13-7/h1-4,6H,5H2,(H,14,15,16). The molecule has 6 heteroatoms. The first-order valence-electron chi connectivity index (χ1n) is 4.57. The zero-order valence-corrected chi connectivity index (χ0v) is 10.5. The first-order valence-corrected chi connectivity index (χ1v) is 5.74. The molecule has 0 bridgehead atoms. The fraction of sp³-hybridized carbons (Fsp3) is 0.100. The third-order valence-corrected chi connectivity index (χ3v) is 2.64. The maximum absolute atomic E-state index is 5.70. The Morgan fingerprint density at radius 3 is 2.94 bits per heavy atom. The van der Waals surface area contributed by atoms with Crippen LogP contribution in [0, 0.1) is 0 Å². The van der Waals surface area contributed by atoms with Crippen LogP contribution >= 0.6 is 27.5 Å². The highest BCUT2D eigenvalue weighted by Crippen LogP contribution is 2.20. The van der Waals surface area contributed by atoms with E-state index in [1.807, 2.05) is 18.2 Å². The SMILES string of the molecule is Clc1ncc(Br)c(NCc2ccccn2)n1. The van der Waals surface area contributed by atoms with E-state index in [1.54, 1.807) is 12.4 Å². The molecule has 2 heterocycles. The van der Waals surface area contributed by atoms with Gasteiger partial charge in [-0.05, 0) is 39.7 Å². The van der Waals surface area contributed by atoms with Gasteiger partial charge in [0.05, 0.1) is 16.7 Å². The minimum Gasteiger partial charge on any atom is -0.363 e. The molecule has 16 heavy (non-hydrogen) atoms. The monoisotopic (exact) mass is 298 g/mol. The second kappa shape index (κ2) is 5.23. The van der Waals surface area contributed by atoms with Crippen molar-refractivity contribution in [1.82, 2.24) is 15.0 Å². The maximum atomic E-state index is 5.70. The lowest BCUT2D eigenvalue weighted by molar-refractivity contribution is 1.02. The summed E-state index contributed by atoms with van der Waals surface area (Å²) in [5.74, 6) is 0.658. The smallest absolute Gasteiger partial charge is 0.224 e. The van der Waals surface area contributed by atoms with Gasteiger partial charge in [-0.25, -0.2) is 4.98 Å². The van der Waals surface area contributed by atoms with Crippen molar-refractivity contribution in [2.45, 2.75) is 6.54 Å². The summed E-state index contributed by atoms with van der Waals surface area (Å²) < 4.78 is 0.771. The van der Waals surface area contributed by atoms with E-state index in [-0.39, 0.29) is 5.28 Å². The summed E-state index contributed by atoms with van der Waals surface area (Å²) in [4.78, 5) is 12.1. The van der Waals surface area contributed by atoms with Crippen LogP contribution in [0.4, 0.5) is 5.82 Å². The molecule has 2 rings (SSSR count). The van der Waals surface area contributed by atoms with Crippen LogP contribution in [0.3, 0.4) is 0 Å². The lowest BCUT2D eigenvalue weighted by Gasteiger charge is -2.06. The molecule has 0 saturated heterocycles. The number of pyridine rings is 1. The van der Waals surface area contributed by atoms with Crippen molar-refractivity contribution >= 4 is 33.3 Å². The van der Waals surface area contributed by atoms with E-state index in [9.17, 15) is 0 Å². The molecular weight excluding hydrogens is 291 g/mol. The number of rotatable bonds is 3. The van der Waals surface area contributed by atoms with Gasteiger partial charge in [-0.15, -0.1) is 0 Å². The molecular formula is C10H8BrClN4. The normalized spacial score (nSPS) is 10.1. The van der Waals surface area contributed by atoms with E-state index in [0.717, 1.165) is 10.2 Å². The van der Waals surface area contributed by atoms with E-state index >= 15 is 0 Å². The summed E-state index contributed by atoms with van der Waals surface area (Å²) in [6.07, 6.45) is 3.36. The molecule has 0 unspecified atom stereocenters. The summed E-state index contributed by atoms with van der Waals surface area (Å²) in [5.41, 5.74) is 0.934. The molecule has 0 aromatic carbocycles. The van der Waals surface area contributed by atoms with E-state index in [2.05, 4.69) is 36.2 Å². The molecule has 4 nitrogen and oxygen atoms in total. The summed E-state index contributed by atoms with van der Waals surface area (Å²) in [7, 11) is 0. The van der Waals surface area contributed by atoms with Gasteiger partial charge in [-0.2, -0.15) is 4.98 Å². The zero-order chi connectivity index (χ0) is 11.4. The Morgan fingerprint density at radius 1 is 1.31 bits per heavy atom. The fourth-order valence-electron chi connectivity index (χ4n) is 1.15. The van der Waals surface area contributed by atoms with Gasteiger partial charge in [0.2, 0.25) is 5.28 Å². The van der Waals surface area contributed by atoms with Gasteiger partial charge in [-0.1, -0.05) is 6.07 Å². The number of hydrogen-bond donors (Lipinski definition) is 1. The number of nitrogens with one attached hydrogen (secondary N) is 1. The molecule has 82 valence electrons. The van der Waals surface area contributed by atoms with E-state index in [4.69, 9.17) is 11.6 Å². The van der Waals surface area contributed by atoms with Crippen molar-refractivity contribution < 1.29 is 0 Å². The Morgan fingerprint density at radius 2 is 2.19 bits per heavy atom. The van der Waals surface area contributed by atoms with Gasteiger partial charge in [0.1, 0.15) is 5.82 Å². The van der Waals surface area contributed by atoms with Crippen molar-refractivity contribution in [2.75, 3.05) is 5.32 Å². The van der Waals surface area contributed by atoms with E-state index in [1.165, 1.54) is 0 Å². The predicted octanol–water partition coefficient (Wildman–Crippen LogP) is 2.90. The van der Waals surface area contributed by atoms with Crippen LogP contribution in [0.5, 0.6) is 0 Å². The molecule has 0 aliphatic heterocycles. The molecule has 1 N–H and O–H groups in total. The topological polar surface area (TPSA) is 50.7 Å². The van der Waals surface area contributed by atoms with Crippen molar-refractivity contribution in [3.05, 3.63) is 46.0 Å². The largest absolute Gasteiger partial charge is 0.363 e. The van der Waals surface area contributed by atoms with Crippen LogP contribution in [0.15, 0.2) is 35.1 Å². The molecule has 0 aliphatic carbocycles. The van der Waals surface area contributed by atoms with Crippen LogP contribution in [-0.2, 0) is 6.54 Å². The van der Waals surface area contributed by atoms with Crippen LogP contribution in [0.2, 0.25) is 5.28 Å². The molecule has 0 spiro atoms. The van der Waals surface area contributed by atoms with Gasteiger partial charge in [0, 0.05) is 12.4 Å². The Balaban J connectivity index is 2.08. The average molecular weight is 300 g/mol. The number of hydrogen-bond acceptors (Lipinski definition) is 4. The van der Waals surface area contributed by atoms with Gasteiger partial charge in [0.25, 0.3) is 0 Å². The second-order valence-electron chi connectivity index (χ2n) is 3.01. The molecule has 0 saturated carbocycles. The van der Waals surface area contributed by atoms with Crippen molar-refractivity contribution in [1.29, 1.82) is 0 Å². The zero-order valence-electron chi connectivity index (χ0n) is 8.19. The molecule has 0 aliphatic rings. The molecule has 0 fully saturated rings. The maximum Gasteiger partial charge on any atom is 0.224 e. The molecule has 0 amide bonds. The fourth-order valence-corrected chi connectivity index (χ4v) is 1.61. The summed E-state index contributed by atoms with van der Waals surface area (Å²) >= 11 is 9.04. The highest BCUT2D eigenvalue weighted by atomic mass is 79.9. The van der Waals surface area contributed by atoms with Crippen LogP contribution in [0.25, 0.3) is 0 Å². The van der Waals surface area contributed by atoms with Crippen LogP contribution in [-0.4, -0.2) is 15.0 Å². The Labute approximate surface area is 106 Å². The minimum absolute atomic E-state index is 0.215. The lowest BCUT2D eigenvalue weighted by atomic mass is 10.3. The van der Waals surface area contributed by atoms with E-state index in [0.29, 0.717) is 12.4 Å². The second-order valence-corrected chi connectivity index (χ2v) is 4.20. The highest BCUT2D eigenvalue weighted by Gasteiger charge is 2.03. The average Bonchev–Trinajstić information content (AvgIpc) is 2.32. The summed E-state index contributed by atoms with van der Waals surface area (Å²) in [6, 6.07) is 5.75. The summed E-state index contributed by atoms with van der Waals surface area (Å²) in [5, 5.41) is 3.34. The van der Waals surface area contributed by atoms with Crippen LogP contribution < -0.4 is 5.32 Å². The molecule has 2 aromatic heterocycles. The van der Waals surface area contributed by atoms with Crippen molar-refractivity contribution in [3.63, 3.8) is 0 Å². The number of aromatic nitrogens is 3. The van der Waals surface area contributed by atoms with Crippen molar-refractivity contribution in [3.8, 4) is 0 Å². The highest BCUT2D eigenvalue weighted by molar-refractivity contribution is 9.10. The number of nitrogens with zero attached hydrogens (tertiary/aromatic N) is 3. The minimum atomic E-state index is 0.215. The Bertz CT molecular complexity index is 478. The predicted molar refractivity (Wildman–Crippen MR) is 66.3 cm³/mol. The first kappa shape index (κ1) is 11.3. The van der Waals surface area contributed by atoms with Gasteiger partial charge in [0.15, 0.2) is 0 Å². The number of halogens is 2. The third kappa shape index (κ3) is 2.90. The van der Waals surface area contributed by atoms with Gasteiger partial charge in [-0.3, -0.25) is 4.98 Å². The molecule has 2 aromatic rings. The third-order valence-electron chi connectivity index (χ3n) is 1.88. The first-order chi connectivity index (χ1) is 7.75.